The van der Waals surface area contributed by atoms with Crippen molar-refractivity contribution in [3.05, 3.63) is 17.0 Å². The van der Waals surface area contributed by atoms with E-state index in [1.165, 1.54) is 38.5 Å². The molecule has 2 heterocycles. The Labute approximate surface area is 157 Å². The molecule has 0 radical (unpaired) electrons. The van der Waals surface area contributed by atoms with Crippen molar-refractivity contribution in [2.75, 3.05) is 18.8 Å². The van der Waals surface area contributed by atoms with Crippen LogP contribution in [0, 0.1) is 19.8 Å². The molecule has 2 aliphatic rings. The molecule has 26 heavy (non-hydrogen) atoms. The van der Waals surface area contributed by atoms with Crippen LogP contribution in [0.3, 0.4) is 0 Å². The van der Waals surface area contributed by atoms with Gasteiger partial charge in [0.2, 0.25) is 11.9 Å². The number of carbonyl (C=O) groups is 1. The number of nitrogens with one attached hydrogen (secondary N) is 1. The number of rotatable bonds is 6. The molecular formula is C20H33N5O. The van der Waals surface area contributed by atoms with Crippen molar-refractivity contribution in [2.24, 2.45) is 5.92 Å². The van der Waals surface area contributed by atoms with E-state index in [2.05, 4.69) is 27.1 Å². The number of hydrogen-bond donors (Lipinski definition) is 2. The lowest BCUT2D eigenvalue weighted by molar-refractivity contribution is -0.121. The van der Waals surface area contributed by atoms with Gasteiger partial charge in [-0.2, -0.15) is 0 Å². The van der Waals surface area contributed by atoms with E-state index in [1.807, 2.05) is 13.8 Å². The standard InChI is InChI=1S/C20H33N5O/c1-4-7-15-11-25(16-8-5-6-9-16)12-18(15)24-19(26)10-17-13(2)22-20(21)23-14(17)3/h15-16,18H,4-12H2,1-3H3,(H,24,26)(H2,21,22,23)/t15-,18-/m0/s1. The van der Waals surface area contributed by atoms with Crippen molar-refractivity contribution in [3.63, 3.8) is 0 Å². The fourth-order valence-electron chi connectivity index (χ4n) is 4.74. The molecule has 0 unspecified atom stereocenters. The van der Waals surface area contributed by atoms with Crippen LogP contribution >= 0.6 is 0 Å². The molecule has 144 valence electrons. The van der Waals surface area contributed by atoms with Gasteiger partial charge in [0.15, 0.2) is 0 Å². The molecule has 1 aromatic rings. The summed E-state index contributed by atoms with van der Waals surface area (Å²) in [6.07, 6.45) is 8.02. The second-order valence-electron chi connectivity index (χ2n) is 8.02. The molecule has 1 aromatic heterocycles. The molecule has 3 rings (SSSR count). The topological polar surface area (TPSA) is 84.1 Å². The minimum atomic E-state index is 0.0731. The van der Waals surface area contributed by atoms with Gasteiger partial charge in [-0.3, -0.25) is 9.69 Å². The molecule has 1 saturated carbocycles. The molecule has 2 fully saturated rings. The number of anilines is 1. The summed E-state index contributed by atoms with van der Waals surface area (Å²) >= 11 is 0. The van der Waals surface area contributed by atoms with Gasteiger partial charge in [-0.25, -0.2) is 9.97 Å². The van der Waals surface area contributed by atoms with Crippen molar-refractivity contribution in [1.29, 1.82) is 0 Å². The van der Waals surface area contributed by atoms with Crippen molar-refractivity contribution in [1.82, 2.24) is 20.2 Å². The average molecular weight is 360 g/mol. The van der Waals surface area contributed by atoms with Crippen molar-refractivity contribution >= 4 is 11.9 Å². The Morgan fingerprint density at radius 1 is 1.19 bits per heavy atom. The van der Waals surface area contributed by atoms with E-state index >= 15 is 0 Å². The van der Waals surface area contributed by atoms with Crippen LogP contribution in [-0.2, 0) is 11.2 Å². The fourth-order valence-corrected chi connectivity index (χ4v) is 4.74. The summed E-state index contributed by atoms with van der Waals surface area (Å²) in [5, 5.41) is 3.32. The minimum Gasteiger partial charge on any atom is -0.368 e. The van der Waals surface area contributed by atoms with Gasteiger partial charge in [0, 0.05) is 42.1 Å². The van der Waals surface area contributed by atoms with Crippen molar-refractivity contribution in [3.8, 4) is 0 Å². The maximum Gasteiger partial charge on any atom is 0.224 e. The number of nitrogen functional groups attached to an aromatic ring is 1. The van der Waals surface area contributed by atoms with Crippen LogP contribution in [0.5, 0.6) is 0 Å². The lowest BCUT2D eigenvalue weighted by atomic mass is 9.98. The molecule has 3 N–H and O–H groups in total. The highest BCUT2D eigenvalue weighted by molar-refractivity contribution is 5.79. The van der Waals surface area contributed by atoms with E-state index in [4.69, 9.17) is 5.73 Å². The Morgan fingerprint density at radius 2 is 1.85 bits per heavy atom. The van der Waals surface area contributed by atoms with Crippen molar-refractivity contribution < 1.29 is 4.79 Å². The fraction of sp³-hybridized carbons (Fsp3) is 0.750. The smallest absolute Gasteiger partial charge is 0.224 e. The average Bonchev–Trinajstić information content (AvgIpc) is 3.21. The van der Waals surface area contributed by atoms with E-state index < -0.39 is 0 Å². The predicted octanol–water partition coefficient (Wildman–Crippen LogP) is 2.38. The first-order valence-corrected chi connectivity index (χ1v) is 10.1. The summed E-state index contributed by atoms with van der Waals surface area (Å²) in [7, 11) is 0. The van der Waals surface area contributed by atoms with Gasteiger partial charge in [0.1, 0.15) is 0 Å². The molecule has 1 amide bonds. The molecule has 6 heteroatoms. The molecule has 6 nitrogen and oxygen atoms in total. The third kappa shape index (κ3) is 4.34. The Balaban J connectivity index is 1.63. The van der Waals surface area contributed by atoms with Gasteiger partial charge < -0.3 is 11.1 Å². The third-order valence-corrected chi connectivity index (χ3v) is 6.09. The number of carbonyl (C=O) groups excluding carboxylic acids is 1. The summed E-state index contributed by atoms with van der Waals surface area (Å²) in [5.74, 6) is 0.911. The molecule has 1 aliphatic heterocycles. The zero-order chi connectivity index (χ0) is 18.7. The van der Waals surface area contributed by atoms with Crippen LogP contribution < -0.4 is 11.1 Å². The van der Waals surface area contributed by atoms with Crippen LogP contribution in [0.1, 0.15) is 62.4 Å². The highest BCUT2D eigenvalue weighted by Gasteiger charge is 2.37. The van der Waals surface area contributed by atoms with E-state index in [-0.39, 0.29) is 17.9 Å². The molecule has 1 aliphatic carbocycles. The highest BCUT2D eigenvalue weighted by atomic mass is 16.1. The molecule has 0 spiro atoms. The Morgan fingerprint density at radius 3 is 2.46 bits per heavy atom. The Hall–Kier alpha value is -1.69. The van der Waals surface area contributed by atoms with Crippen LogP contribution in [0.25, 0.3) is 0 Å². The van der Waals surface area contributed by atoms with Gasteiger partial charge in [0.25, 0.3) is 0 Å². The van der Waals surface area contributed by atoms with Gasteiger partial charge in [-0.1, -0.05) is 26.2 Å². The summed E-state index contributed by atoms with van der Waals surface area (Å²) in [6.45, 7) is 8.15. The molecule has 1 saturated heterocycles. The van der Waals surface area contributed by atoms with Gasteiger partial charge in [0.05, 0.1) is 6.42 Å². The highest BCUT2D eigenvalue weighted by Crippen LogP contribution is 2.30. The lowest BCUT2D eigenvalue weighted by Crippen LogP contribution is -2.42. The number of aromatic nitrogens is 2. The van der Waals surface area contributed by atoms with E-state index in [1.54, 1.807) is 0 Å². The van der Waals surface area contributed by atoms with Crippen LogP contribution in [0.4, 0.5) is 5.95 Å². The number of nitrogens with two attached hydrogens (primary N) is 1. The maximum atomic E-state index is 12.7. The number of aryl methyl sites for hydroxylation is 2. The molecule has 0 aromatic carbocycles. The lowest BCUT2D eigenvalue weighted by Gasteiger charge is -2.23. The normalized spacial score (nSPS) is 24.3. The Kier molecular flexibility index (Phi) is 6.12. The maximum absolute atomic E-state index is 12.7. The van der Waals surface area contributed by atoms with Crippen LogP contribution in [0.15, 0.2) is 0 Å². The first-order valence-electron chi connectivity index (χ1n) is 10.1. The molecule has 0 bridgehead atoms. The number of nitrogens with zero attached hydrogens (tertiary/aromatic N) is 3. The first-order chi connectivity index (χ1) is 12.5. The first kappa shape index (κ1) is 19.1. The SMILES string of the molecule is CCC[C@H]1CN(C2CCCC2)C[C@@H]1NC(=O)Cc1c(C)nc(N)nc1C. The van der Waals surface area contributed by atoms with E-state index in [0.717, 1.165) is 36.1 Å². The quantitative estimate of drug-likeness (QED) is 0.815. The molecule has 2 atom stereocenters. The second kappa shape index (κ2) is 8.33. The number of likely N-dealkylation sites (tertiary alicyclic amines) is 1. The molecular weight excluding hydrogens is 326 g/mol. The monoisotopic (exact) mass is 359 g/mol. The second-order valence-corrected chi connectivity index (χ2v) is 8.02. The van der Waals surface area contributed by atoms with E-state index in [9.17, 15) is 4.79 Å². The summed E-state index contributed by atoms with van der Waals surface area (Å²) in [6, 6.07) is 0.990. The van der Waals surface area contributed by atoms with Gasteiger partial charge in [-0.15, -0.1) is 0 Å². The number of hydrogen-bond acceptors (Lipinski definition) is 5. The summed E-state index contributed by atoms with van der Waals surface area (Å²) in [4.78, 5) is 23.8. The van der Waals surface area contributed by atoms with Crippen molar-refractivity contribution in [2.45, 2.75) is 77.8 Å². The predicted molar refractivity (Wildman–Crippen MR) is 104 cm³/mol. The zero-order valence-corrected chi connectivity index (χ0v) is 16.4. The Bertz CT molecular complexity index is 618. The largest absolute Gasteiger partial charge is 0.368 e. The zero-order valence-electron chi connectivity index (χ0n) is 16.4. The van der Waals surface area contributed by atoms with E-state index in [0.29, 0.717) is 12.3 Å². The number of amides is 1. The van der Waals surface area contributed by atoms with Crippen LogP contribution in [0.2, 0.25) is 0 Å². The summed E-state index contributed by atoms with van der Waals surface area (Å²) in [5.41, 5.74) is 8.19. The minimum absolute atomic E-state index is 0.0731. The van der Waals surface area contributed by atoms with Gasteiger partial charge >= 0.3 is 0 Å². The van der Waals surface area contributed by atoms with Gasteiger partial charge in [-0.05, 0) is 39.0 Å². The third-order valence-electron chi connectivity index (χ3n) is 6.09. The summed E-state index contributed by atoms with van der Waals surface area (Å²) < 4.78 is 0. The van der Waals surface area contributed by atoms with Crippen LogP contribution in [-0.4, -0.2) is 45.9 Å².